The summed E-state index contributed by atoms with van der Waals surface area (Å²) in [6.07, 6.45) is 2.55. The predicted octanol–water partition coefficient (Wildman–Crippen LogP) is 3.70. The number of halogens is 2. The molecule has 1 atom stereocenters. The molecule has 5 nitrogen and oxygen atoms in total. The second kappa shape index (κ2) is 9.22. The van der Waals surface area contributed by atoms with E-state index in [2.05, 4.69) is 18.9 Å². The Morgan fingerprint density at radius 1 is 1.32 bits per heavy atom. The van der Waals surface area contributed by atoms with Crippen molar-refractivity contribution in [1.82, 2.24) is 14.7 Å². The van der Waals surface area contributed by atoms with Gasteiger partial charge in [0.05, 0.1) is 16.9 Å². The van der Waals surface area contributed by atoms with E-state index < -0.39 is 0 Å². The van der Waals surface area contributed by atoms with Crippen LogP contribution in [0.5, 0.6) is 0 Å². The van der Waals surface area contributed by atoms with Gasteiger partial charge in [0.2, 0.25) is 0 Å². The molecule has 25 heavy (non-hydrogen) atoms. The van der Waals surface area contributed by atoms with Crippen molar-refractivity contribution in [2.24, 2.45) is 11.7 Å². The number of amides is 1. The maximum absolute atomic E-state index is 12.7. The van der Waals surface area contributed by atoms with Crippen molar-refractivity contribution in [3.05, 3.63) is 46.7 Å². The standard InChI is InChI=1S/C18H25ClN4O.ClH/c1-12(2)17(20)9-10-22(4)18(24)16-11-23(21-13(16)3)15-7-5-14(19)6-8-15;/h5-8,11-12,17H,9-10,20H2,1-4H3;1H. The summed E-state index contributed by atoms with van der Waals surface area (Å²) in [5, 5.41) is 5.11. The first-order chi connectivity index (χ1) is 11.3. The molecule has 0 aliphatic heterocycles. The zero-order valence-corrected chi connectivity index (χ0v) is 16.6. The number of hydrogen-bond acceptors (Lipinski definition) is 3. The summed E-state index contributed by atoms with van der Waals surface area (Å²) < 4.78 is 1.70. The minimum atomic E-state index is -0.0383. The Kier molecular flexibility index (Phi) is 7.93. The van der Waals surface area contributed by atoms with Crippen LogP contribution in [0.3, 0.4) is 0 Å². The van der Waals surface area contributed by atoms with Gasteiger partial charge in [-0.2, -0.15) is 5.10 Å². The summed E-state index contributed by atoms with van der Waals surface area (Å²) >= 11 is 5.91. The number of aromatic nitrogens is 2. The van der Waals surface area contributed by atoms with Gasteiger partial charge in [-0.15, -0.1) is 12.4 Å². The fourth-order valence-corrected chi connectivity index (χ4v) is 2.51. The first-order valence-electron chi connectivity index (χ1n) is 8.13. The maximum Gasteiger partial charge on any atom is 0.257 e. The van der Waals surface area contributed by atoms with Crippen molar-refractivity contribution in [2.45, 2.75) is 33.2 Å². The molecule has 0 fully saturated rings. The lowest BCUT2D eigenvalue weighted by molar-refractivity contribution is 0.0788. The molecule has 7 heteroatoms. The molecule has 1 amide bonds. The number of carbonyl (C=O) groups excluding carboxylic acids is 1. The molecule has 0 aliphatic rings. The van der Waals surface area contributed by atoms with Crippen LogP contribution in [-0.2, 0) is 0 Å². The van der Waals surface area contributed by atoms with Crippen LogP contribution in [0.15, 0.2) is 30.5 Å². The number of nitrogens with two attached hydrogens (primary N) is 1. The molecular weight excluding hydrogens is 359 g/mol. The highest BCUT2D eigenvalue weighted by Crippen LogP contribution is 2.16. The lowest BCUT2D eigenvalue weighted by atomic mass is 10.0. The Labute approximate surface area is 160 Å². The van der Waals surface area contributed by atoms with Gasteiger partial charge in [-0.3, -0.25) is 4.79 Å². The van der Waals surface area contributed by atoms with E-state index in [1.807, 2.05) is 19.1 Å². The van der Waals surface area contributed by atoms with Gasteiger partial charge < -0.3 is 10.6 Å². The molecule has 2 rings (SSSR count). The van der Waals surface area contributed by atoms with E-state index in [9.17, 15) is 4.79 Å². The summed E-state index contributed by atoms with van der Waals surface area (Å²) in [6.45, 7) is 6.65. The normalized spacial score (nSPS) is 12.0. The average molecular weight is 385 g/mol. The number of rotatable bonds is 6. The van der Waals surface area contributed by atoms with Gasteiger partial charge in [0.25, 0.3) is 5.91 Å². The number of aryl methyl sites for hydroxylation is 1. The quantitative estimate of drug-likeness (QED) is 0.825. The van der Waals surface area contributed by atoms with Crippen LogP contribution in [0, 0.1) is 12.8 Å². The Balaban J connectivity index is 0.00000312. The second-order valence-corrected chi connectivity index (χ2v) is 6.91. The van der Waals surface area contributed by atoms with Gasteiger partial charge in [-0.05, 0) is 43.5 Å². The van der Waals surface area contributed by atoms with Crippen molar-refractivity contribution >= 4 is 29.9 Å². The van der Waals surface area contributed by atoms with Crippen LogP contribution >= 0.6 is 24.0 Å². The molecule has 1 heterocycles. The van der Waals surface area contributed by atoms with Gasteiger partial charge in [-0.25, -0.2) is 4.68 Å². The van der Waals surface area contributed by atoms with Crippen LogP contribution < -0.4 is 5.73 Å². The summed E-state index contributed by atoms with van der Waals surface area (Å²) in [7, 11) is 1.80. The van der Waals surface area contributed by atoms with Crippen molar-refractivity contribution in [2.75, 3.05) is 13.6 Å². The minimum absolute atomic E-state index is 0. The van der Waals surface area contributed by atoms with Crippen molar-refractivity contribution in [3.63, 3.8) is 0 Å². The molecule has 0 bridgehead atoms. The highest BCUT2D eigenvalue weighted by Gasteiger charge is 2.19. The molecule has 0 spiro atoms. The van der Waals surface area contributed by atoms with Gasteiger partial charge in [0.15, 0.2) is 0 Å². The SMILES string of the molecule is Cc1nn(-c2ccc(Cl)cc2)cc1C(=O)N(C)CCC(N)C(C)C.Cl. The minimum Gasteiger partial charge on any atom is -0.342 e. The molecule has 0 aliphatic carbocycles. The van der Waals surface area contributed by atoms with Gasteiger partial charge in [0, 0.05) is 30.9 Å². The molecular formula is C18H26Cl2N4O. The van der Waals surface area contributed by atoms with Crippen molar-refractivity contribution in [3.8, 4) is 5.69 Å². The maximum atomic E-state index is 12.7. The molecule has 1 unspecified atom stereocenters. The van der Waals surface area contributed by atoms with Crippen LogP contribution in [0.2, 0.25) is 5.02 Å². The first-order valence-corrected chi connectivity index (χ1v) is 8.50. The third kappa shape index (κ3) is 5.46. The average Bonchev–Trinajstić information content (AvgIpc) is 2.93. The van der Waals surface area contributed by atoms with Gasteiger partial charge >= 0.3 is 0 Å². The zero-order valence-electron chi connectivity index (χ0n) is 15.1. The fourth-order valence-electron chi connectivity index (χ4n) is 2.38. The smallest absolute Gasteiger partial charge is 0.257 e. The molecule has 138 valence electrons. The summed E-state index contributed by atoms with van der Waals surface area (Å²) in [5.41, 5.74) is 8.23. The van der Waals surface area contributed by atoms with Crippen molar-refractivity contribution in [1.29, 1.82) is 0 Å². The van der Waals surface area contributed by atoms with Crippen LogP contribution in [0.25, 0.3) is 5.69 Å². The largest absolute Gasteiger partial charge is 0.342 e. The monoisotopic (exact) mass is 384 g/mol. The summed E-state index contributed by atoms with van der Waals surface area (Å²) in [4.78, 5) is 14.4. The number of carbonyl (C=O) groups is 1. The molecule has 2 N–H and O–H groups in total. The number of benzene rings is 1. The van der Waals surface area contributed by atoms with Gasteiger partial charge in [0.1, 0.15) is 0 Å². The Bertz CT molecular complexity index is 698. The molecule has 1 aromatic heterocycles. The lowest BCUT2D eigenvalue weighted by Crippen LogP contribution is -2.34. The number of hydrogen-bond donors (Lipinski definition) is 1. The Morgan fingerprint density at radius 3 is 2.48 bits per heavy atom. The molecule has 0 saturated heterocycles. The second-order valence-electron chi connectivity index (χ2n) is 6.47. The van der Waals surface area contributed by atoms with E-state index >= 15 is 0 Å². The van der Waals surface area contributed by atoms with Crippen LogP contribution in [0.4, 0.5) is 0 Å². The highest BCUT2D eigenvalue weighted by atomic mass is 35.5. The Morgan fingerprint density at radius 2 is 1.92 bits per heavy atom. The zero-order chi connectivity index (χ0) is 17.9. The molecule has 2 aromatic rings. The van der Waals surface area contributed by atoms with Crippen molar-refractivity contribution < 1.29 is 4.79 Å². The third-order valence-corrected chi connectivity index (χ3v) is 4.47. The highest BCUT2D eigenvalue weighted by molar-refractivity contribution is 6.30. The van der Waals surface area contributed by atoms with E-state index in [1.165, 1.54) is 0 Å². The molecule has 1 aromatic carbocycles. The molecule has 0 radical (unpaired) electrons. The van der Waals surface area contributed by atoms with Gasteiger partial charge in [-0.1, -0.05) is 25.4 Å². The van der Waals surface area contributed by atoms with E-state index in [0.29, 0.717) is 28.7 Å². The first kappa shape index (κ1) is 21.5. The topological polar surface area (TPSA) is 64.2 Å². The molecule has 0 saturated carbocycles. The fraction of sp³-hybridized carbons (Fsp3) is 0.444. The van der Waals surface area contributed by atoms with E-state index in [-0.39, 0.29) is 24.4 Å². The predicted molar refractivity (Wildman–Crippen MR) is 105 cm³/mol. The van der Waals surface area contributed by atoms with E-state index in [4.69, 9.17) is 17.3 Å². The van der Waals surface area contributed by atoms with E-state index in [1.54, 1.807) is 35.0 Å². The summed E-state index contributed by atoms with van der Waals surface area (Å²) in [6, 6.07) is 7.44. The van der Waals surface area contributed by atoms with Crippen LogP contribution in [-0.4, -0.2) is 40.2 Å². The number of nitrogens with zero attached hydrogens (tertiary/aromatic N) is 3. The van der Waals surface area contributed by atoms with Crippen LogP contribution in [0.1, 0.15) is 36.3 Å². The lowest BCUT2D eigenvalue weighted by Gasteiger charge is -2.21. The van der Waals surface area contributed by atoms with E-state index in [0.717, 1.165) is 12.1 Å². The summed E-state index contributed by atoms with van der Waals surface area (Å²) in [5.74, 6) is 0.367. The third-order valence-electron chi connectivity index (χ3n) is 4.22. The Hall–Kier alpha value is -1.56.